The Morgan fingerprint density at radius 3 is 2.50 bits per heavy atom. The molecule has 18 heavy (non-hydrogen) atoms. The second kappa shape index (κ2) is 6.50. The molecule has 0 bridgehead atoms. The molecular weight excluding hydrogens is 240 g/mol. The lowest BCUT2D eigenvalue weighted by molar-refractivity contribution is 0.414. The highest BCUT2D eigenvalue weighted by Crippen LogP contribution is 2.29. The monoisotopic (exact) mass is 258 g/mol. The number of aryl methyl sites for hydroxylation is 1. The van der Waals surface area contributed by atoms with Gasteiger partial charge in [0, 0.05) is 10.6 Å². The second-order valence-corrected chi connectivity index (χ2v) is 5.12. The van der Waals surface area contributed by atoms with Crippen LogP contribution in [0.1, 0.15) is 18.1 Å². The Labute approximate surface area is 113 Å². The minimum absolute atomic E-state index is 0.941. The van der Waals surface area contributed by atoms with Gasteiger partial charge < -0.3 is 4.74 Å². The Morgan fingerprint density at radius 2 is 1.83 bits per heavy atom. The van der Waals surface area contributed by atoms with E-state index in [1.165, 1.54) is 16.0 Å². The zero-order valence-electron chi connectivity index (χ0n) is 10.8. The zero-order valence-corrected chi connectivity index (χ0v) is 11.7. The summed E-state index contributed by atoms with van der Waals surface area (Å²) >= 11 is 1.89. The van der Waals surface area contributed by atoms with Gasteiger partial charge in [-0.15, -0.1) is 11.8 Å². The third kappa shape index (κ3) is 3.30. The smallest absolute Gasteiger partial charge is 0.119 e. The molecule has 94 valence electrons. The summed E-state index contributed by atoms with van der Waals surface area (Å²) in [4.78, 5) is 1.35. The molecule has 0 aromatic heterocycles. The van der Waals surface area contributed by atoms with E-state index in [9.17, 15) is 0 Å². The highest BCUT2D eigenvalue weighted by molar-refractivity contribution is 7.98. The van der Waals surface area contributed by atoms with Gasteiger partial charge in [-0.25, -0.2) is 0 Å². The molecule has 0 radical (unpaired) electrons. The van der Waals surface area contributed by atoms with Crippen LogP contribution in [0.5, 0.6) is 5.75 Å². The number of thioether (sulfide) groups is 1. The Morgan fingerprint density at radius 1 is 1.06 bits per heavy atom. The highest BCUT2D eigenvalue weighted by Gasteiger charge is 2.04. The fraction of sp³-hybridized carbons (Fsp3) is 0.250. The molecule has 0 saturated heterocycles. The minimum atomic E-state index is 0.941. The summed E-state index contributed by atoms with van der Waals surface area (Å²) in [6.45, 7) is 2.18. The van der Waals surface area contributed by atoms with Crippen LogP contribution in [-0.2, 0) is 12.2 Å². The van der Waals surface area contributed by atoms with Gasteiger partial charge in [0.05, 0.1) is 7.11 Å². The molecule has 0 fully saturated rings. The van der Waals surface area contributed by atoms with Crippen LogP contribution in [0.25, 0.3) is 0 Å². The molecule has 0 aliphatic rings. The van der Waals surface area contributed by atoms with E-state index >= 15 is 0 Å². The number of methoxy groups -OCH3 is 1. The van der Waals surface area contributed by atoms with Crippen LogP contribution in [0.4, 0.5) is 0 Å². The molecule has 0 heterocycles. The third-order valence-electron chi connectivity index (χ3n) is 2.89. The first-order chi connectivity index (χ1) is 8.83. The Kier molecular flexibility index (Phi) is 4.71. The predicted molar refractivity (Wildman–Crippen MR) is 78.4 cm³/mol. The van der Waals surface area contributed by atoms with E-state index in [0.717, 1.165) is 17.9 Å². The molecule has 1 nitrogen and oxygen atoms in total. The van der Waals surface area contributed by atoms with Crippen LogP contribution in [0.3, 0.4) is 0 Å². The average molecular weight is 258 g/mol. The Hall–Kier alpha value is -1.41. The van der Waals surface area contributed by atoms with E-state index < -0.39 is 0 Å². The molecule has 0 amide bonds. The quantitative estimate of drug-likeness (QED) is 0.728. The predicted octanol–water partition coefficient (Wildman–Crippen LogP) is 4.55. The number of ether oxygens (including phenoxy) is 1. The third-order valence-corrected chi connectivity index (χ3v) is 4.07. The van der Waals surface area contributed by atoms with Crippen LogP contribution in [0.15, 0.2) is 53.4 Å². The van der Waals surface area contributed by atoms with Crippen molar-refractivity contribution in [3.63, 3.8) is 0 Å². The van der Waals surface area contributed by atoms with E-state index in [1.807, 2.05) is 17.8 Å². The molecule has 0 N–H and O–H groups in total. The van der Waals surface area contributed by atoms with Crippen molar-refractivity contribution in [2.45, 2.75) is 24.0 Å². The van der Waals surface area contributed by atoms with Gasteiger partial charge in [0.15, 0.2) is 0 Å². The molecular formula is C16H18OS. The van der Waals surface area contributed by atoms with Crippen LogP contribution in [0.2, 0.25) is 0 Å². The molecule has 0 unspecified atom stereocenters. The van der Waals surface area contributed by atoms with E-state index in [0.29, 0.717) is 0 Å². The van der Waals surface area contributed by atoms with Gasteiger partial charge in [0.25, 0.3) is 0 Å². The summed E-state index contributed by atoms with van der Waals surface area (Å²) in [6.07, 6.45) is 1.04. The molecule has 0 aliphatic heterocycles. The summed E-state index contributed by atoms with van der Waals surface area (Å²) < 4.78 is 5.27. The zero-order chi connectivity index (χ0) is 12.8. The standard InChI is InChI=1S/C16H18OS/c1-3-14-11-15(17-2)9-10-16(14)18-12-13-7-5-4-6-8-13/h4-11H,3,12H2,1-2H3. The first-order valence-electron chi connectivity index (χ1n) is 6.17. The van der Waals surface area contributed by atoms with Gasteiger partial charge in [0.2, 0.25) is 0 Å². The van der Waals surface area contributed by atoms with Crippen LogP contribution < -0.4 is 4.74 Å². The van der Waals surface area contributed by atoms with E-state index in [2.05, 4.69) is 49.4 Å². The van der Waals surface area contributed by atoms with Crippen molar-refractivity contribution in [2.75, 3.05) is 7.11 Å². The van der Waals surface area contributed by atoms with Gasteiger partial charge in [-0.2, -0.15) is 0 Å². The van der Waals surface area contributed by atoms with Gasteiger partial charge in [0.1, 0.15) is 5.75 Å². The molecule has 2 heteroatoms. The SMILES string of the molecule is CCc1cc(OC)ccc1SCc1ccccc1. The van der Waals surface area contributed by atoms with Crippen molar-refractivity contribution >= 4 is 11.8 Å². The maximum Gasteiger partial charge on any atom is 0.119 e. The molecule has 2 rings (SSSR count). The normalized spacial score (nSPS) is 10.3. The van der Waals surface area contributed by atoms with Crippen molar-refractivity contribution in [3.05, 3.63) is 59.7 Å². The first-order valence-corrected chi connectivity index (χ1v) is 7.15. The molecule has 0 aliphatic carbocycles. The van der Waals surface area contributed by atoms with E-state index in [1.54, 1.807) is 7.11 Å². The minimum Gasteiger partial charge on any atom is -0.497 e. The summed E-state index contributed by atoms with van der Waals surface area (Å²) in [7, 11) is 1.71. The lowest BCUT2D eigenvalue weighted by atomic mass is 10.1. The fourth-order valence-electron chi connectivity index (χ4n) is 1.84. The summed E-state index contributed by atoms with van der Waals surface area (Å²) in [5.74, 6) is 1.95. The summed E-state index contributed by atoms with van der Waals surface area (Å²) in [6, 6.07) is 16.9. The van der Waals surface area contributed by atoms with Gasteiger partial charge in [-0.1, -0.05) is 37.3 Å². The molecule has 0 atom stereocenters. The maximum atomic E-state index is 5.27. The summed E-state index contributed by atoms with van der Waals surface area (Å²) in [5.41, 5.74) is 2.72. The average Bonchev–Trinajstić information content (AvgIpc) is 2.46. The van der Waals surface area contributed by atoms with Crippen molar-refractivity contribution in [1.82, 2.24) is 0 Å². The van der Waals surface area contributed by atoms with E-state index in [-0.39, 0.29) is 0 Å². The van der Waals surface area contributed by atoms with Crippen molar-refractivity contribution < 1.29 is 4.74 Å². The largest absolute Gasteiger partial charge is 0.497 e. The maximum absolute atomic E-state index is 5.27. The van der Waals surface area contributed by atoms with Crippen molar-refractivity contribution in [3.8, 4) is 5.75 Å². The first kappa shape index (κ1) is 13.0. The topological polar surface area (TPSA) is 9.23 Å². The number of benzene rings is 2. The number of hydrogen-bond acceptors (Lipinski definition) is 2. The van der Waals surface area contributed by atoms with Crippen molar-refractivity contribution in [2.24, 2.45) is 0 Å². The van der Waals surface area contributed by atoms with E-state index in [4.69, 9.17) is 4.74 Å². The lowest BCUT2D eigenvalue weighted by Gasteiger charge is -2.09. The highest BCUT2D eigenvalue weighted by atomic mass is 32.2. The van der Waals surface area contributed by atoms with Crippen LogP contribution in [0, 0.1) is 0 Å². The van der Waals surface area contributed by atoms with Gasteiger partial charge in [-0.05, 0) is 35.7 Å². The second-order valence-electron chi connectivity index (χ2n) is 4.10. The molecule has 2 aromatic rings. The molecule has 0 saturated carbocycles. The lowest BCUT2D eigenvalue weighted by Crippen LogP contribution is -1.90. The van der Waals surface area contributed by atoms with Crippen LogP contribution in [-0.4, -0.2) is 7.11 Å². The Balaban J connectivity index is 2.09. The number of hydrogen-bond donors (Lipinski definition) is 0. The van der Waals surface area contributed by atoms with Gasteiger partial charge in [-0.3, -0.25) is 0 Å². The summed E-state index contributed by atoms with van der Waals surface area (Å²) in [5, 5.41) is 0. The molecule has 2 aromatic carbocycles. The number of rotatable bonds is 5. The van der Waals surface area contributed by atoms with Gasteiger partial charge >= 0.3 is 0 Å². The Bertz CT molecular complexity index is 494. The fourth-order valence-corrected chi connectivity index (χ4v) is 2.90. The van der Waals surface area contributed by atoms with Crippen molar-refractivity contribution in [1.29, 1.82) is 0 Å². The molecule has 0 spiro atoms. The van der Waals surface area contributed by atoms with Crippen LogP contribution >= 0.6 is 11.8 Å².